The highest BCUT2D eigenvalue weighted by atomic mass is 19.1. The molecule has 0 saturated heterocycles. The van der Waals surface area contributed by atoms with Gasteiger partial charge in [0, 0.05) is 24.2 Å². The predicted octanol–water partition coefficient (Wildman–Crippen LogP) is 4.55. The van der Waals surface area contributed by atoms with Crippen molar-refractivity contribution in [3.05, 3.63) is 75.9 Å². The van der Waals surface area contributed by atoms with E-state index in [0.717, 1.165) is 12.3 Å². The van der Waals surface area contributed by atoms with E-state index in [-0.39, 0.29) is 46.5 Å². The Hall–Kier alpha value is -4.71. The van der Waals surface area contributed by atoms with Gasteiger partial charge in [0.15, 0.2) is 22.6 Å². The molecule has 0 spiro atoms. The first-order valence-corrected chi connectivity index (χ1v) is 12.6. The zero-order chi connectivity index (χ0) is 28.7. The van der Waals surface area contributed by atoms with Crippen LogP contribution in [0, 0.1) is 17.0 Å². The van der Waals surface area contributed by atoms with Gasteiger partial charge in [-0.25, -0.2) is 23.4 Å². The number of aromatic nitrogens is 4. The fourth-order valence-corrected chi connectivity index (χ4v) is 4.74. The van der Waals surface area contributed by atoms with E-state index in [1.807, 2.05) is 0 Å². The van der Waals surface area contributed by atoms with Crippen molar-refractivity contribution in [2.24, 2.45) is 5.73 Å². The van der Waals surface area contributed by atoms with Crippen LogP contribution in [0.25, 0.3) is 33.3 Å². The Kier molecular flexibility index (Phi) is 7.03. The van der Waals surface area contributed by atoms with Gasteiger partial charge in [-0.1, -0.05) is 6.07 Å². The Bertz CT molecular complexity index is 1820. The second kappa shape index (κ2) is 10.5. The lowest BCUT2D eigenvalue weighted by molar-refractivity contribution is 0.231. The number of fused-ring (bicyclic) bond motifs is 2. The van der Waals surface area contributed by atoms with Gasteiger partial charge in [0.05, 0.1) is 17.1 Å². The fraction of sp³-hybridized carbons (Fsp3) is 0.250. The number of nitrogens with two attached hydrogens (primary N) is 2. The molecular formula is C28H27F2N7O3. The number of ether oxygens (including phenoxy) is 1. The van der Waals surface area contributed by atoms with Crippen LogP contribution in [-0.2, 0) is 0 Å². The summed E-state index contributed by atoms with van der Waals surface area (Å²) in [4.78, 5) is 22.0. The molecule has 0 radical (unpaired) electrons. The molecule has 0 saturated carbocycles. The lowest BCUT2D eigenvalue weighted by Gasteiger charge is -2.19. The number of nitrogens with one attached hydrogen (secondary N) is 1. The van der Waals surface area contributed by atoms with Gasteiger partial charge < -0.3 is 26.0 Å². The van der Waals surface area contributed by atoms with Crippen LogP contribution in [-0.4, -0.2) is 38.6 Å². The SMILES string of the molecule is CC(C)Oc1ccc(-c2nn(C(C)c3oc4cccc(F)c4c(=O)c3C(C=N)CN)c3ncnc(N)c23)cc1F. The van der Waals surface area contributed by atoms with E-state index in [0.29, 0.717) is 22.3 Å². The second-order valence-corrected chi connectivity index (χ2v) is 9.57. The van der Waals surface area contributed by atoms with Crippen LogP contribution in [0.15, 0.2) is 51.9 Å². The van der Waals surface area contributed by atoms with Gasteiger partial charge in [-0.3, -0.25) is 4.79 Å². The summed E-state index contributed by atoms with van der Waals surface area (Å²) in [7, 11) is 0. The molecule has 12 heteroatoms. The third-order valence-corrected chi connectivity index (χ3v) is 6.59. The first kappa shape index (κ1) is 26.9. The van der Waals surface area contributed by atoms with Gasteiger partial charge >= 0.3 is 0 Å². The van der Waals surface area contributed by atoms with Crippen LogP contribution < -0.4 is 21.6 Å². The predicted molar refractivity (Wildman–Crippen MR) is 148 cm³/mol. The summed E-state index contributed by atoms with van der Waals surface area (Å²) in [5, 5.41) is 12.7. The summed E-state index contributed by atoms with van der Waals surface area (Å²) in [5.41, 5.74) is 12.6. The van der Waals surface area contributed by atoms with Crippen molar-refractivity contribution in [1.29, 1.82) is 5.41 Å². The van der Waals surface area contributed by atoms with Crippen molar-refractivity contribution >= 4 is 34.0 Å². The topological polar surface area (TPSA) is 159 Å². The molecule has 5 N–H and O–H groups in total. The maximum atomic E-state index is 14.9. The molecule has 2 atom stereocenters. The highest BCUT2D eigenvalue weighted by Crippen LogP contribution is 2.36. The molecule has 3 heterocycles. The van der Waals surface area contributed by atoms with Gasteiger partial charge in [-0.2, -0.15) is 5.10 Å². The van der Waals surface area contributed by atoms with Crippen molar-refractivity contribution in [3.63, 3.8) is 0 Å². The third-order valence-electron chi connectivity index (χ3n) is 6.59. The Labute approximate surface area is 227 Å². The van der Waals surface area contributed by atoms with Crippen LogP contribution >= 0.6 is 0 Å². The summed E-state index contributed by atoms with van der Waals surface area (Å²) in [6, 6.07) is 7.71. The van der Waals surface area contributed by atoms with E-state index in [9.17, 15) is 13.6 Å². The molecule has 10 nitrogen and oxygen atoms in total. The highest BCUT2D eigenvalue weighted by Gasteiger charge is 2.29. The molecule has 5 rings (SSSR count). The van der Waals surface area contributed by atoms with E-state index in [1.54, 1.807) is 26.8 Å². The Morgan fingerprint density at radius 2 is 1.90 bits per heavy atom. The minimum absolute atomic E-state index is 0.0324. The summed E-state index contributed by atoms with van der Waals surface area (Å²) < 4.78 is 42.7. The minimum atomic E-state index is -0.846. The van der Waals surface area contributed by atoms with Crippen LogP contribution in [0.4, 0.5) is 14.6 Å². The maximum Gasteiger partial charge on any atom is 0.199 e. The van der Waals surface area contributed by atoms with E-state index >= 15 is 0 Å². The van der Waals surface area contributed by atoms with E-state index in [2.05, 4.69) is 9.97 Å². The first-order valence-electron chi connectivity index (χ1n) is 12.6. The maximum absolute atomic E-state index is 14.9. The molecule has 0 aliphatic carbocycles. The Balaban J connectivity index is 1.75. The van der Waals surface area contributed by atoms with Crippen molar-refractivity contribution in [2.45, 2.75) is 38.8 Å². The zero-order valence-corrected chi connectivity index (χ0v) is 22.0. The van der Waals surface area contributed by atoms with Crippen molar-refractivity contribution in [3.8, 4) is 17.0 Å². The van der Waals surface area contributed by atoms with Crippen LogP contribution in [0.5, 0.6) is 5.75 Å². The highest BCUT2D eigenvalue weighted by molar-refractivity contribution is 5.98. The number of anilines is 1. The second-order valence-electron chi connectivity index (χ2n) is 9.57. The molecule has 0 aliphatic heterocycles. The molecule has 0 bridgehead atoms. The van der Waals surface area contributed by atoms with E-state index in [1.165, 1.54) is 35.3 Å². The summed E-state index contributed by atoms with van der Waals surface area (Å²) in [6.45, 7) is 5.21. The average Bonchev–Trinajstić information content (AvgIpc) is 3.32. The number of benzene rings is 2. The Morgan fingerprint density at radius 1 is 1.12 bits per heavy atom. The van der Waals surface area contributed by atoms with Crippen LogP contribution in [0.3, 0.4) is 0 Å². The number of hydrogen-bond donors (Lipinski definition) is 3. The molecule has 2 unspecified atom stereocenters. The van der Waals surface area contributed by atoms with Crippen LogP contribution in [0.2, 0.25) is 0 Å². The number of nitrogen functional groups attached to an aromatic ring is 1. The molecule has 5 aromatic rings. The zero-order valence-electron chi connectivity index (χ0n) is 22.0. The monoisotopic (exact) mass is 547 g/mol. The lowest BCUT2D eigenvalue weighted by Crippen LogP contribution is -2.26. The lowest BCUT2D eigenvalue weighted by atomic mass is 9.94. The normalized spacial score (nSPS) is 13.2. The van der Waals surface area contributed by atoms with Gasteiger partial charge in [-0.05, 0) is 51.1 Å². The molecule has 0 amide bonds. The smallest absolute Gasteiger partial charge is 0.199 e. The first-order chi connectivity index (χ1) is 19.2. The van der Waals surface area contributed by atoms with Gasteiger partial charge in [-0.15, -0.1) is 0 Å². The quantitative estimate of drug-likeness (QED) is 0.239. The largest absolute Gasteiger partial charge is 0.488 e. The molecule has 3 aromatic heterocycles. The van der Waals surface area contributed by atoms with Gasteiger partial charge in [0.1, 0.15) is 46.4 Å². The molecule has 2 aromatic carbocycles. The molecule has 0 fully saturated rings. The molecule has 40 heavy (non-hydrogen) atoms. The van der Waals surface area contributed by atoms with Crippen LogP contribution in [0.1, 0.15) is 44.1 Å². The minimum Gasteiger partial charge on any atom is -0.488 e. The standard InChI is InChI=1S/C28H27F2N7O3/c1-13(2)39-19-8-7-15(9-18(19)30)24-23-27(33)34-12-35-28(23)37(36-24)14(3)26-21(16(10-31)11-32)25(38)22-17(29)5-4-6-20(22)40-26/h4-10,12-14,16,31H,11,32H2,1-3H3,(H2,33,34,35). The molecule has 206 valence electrons. The number of halogens is 2. The third kappa shape index (κ3) is 4.45. The van der Waals surface area contributed by atoms with E-state index in [4.69, 9.17) is 31.1 Å². The van der Waals surface area contributed by atoms with Crippen molar-refractivity contribution in [2.75, 3.05) is 12.3 Å². The summed E-state index contributed by atoms with van der Waals surface area (Å²) >= 11 is 0. The van der Waals surface area contributed by atoms with E-state index < -0.39 is 29.0 Å². The van der Waals surface area contributed by atoms with Gasteiger partial charge in [0.25, 0.3) is 0 Å². The average molecular weight is 548 g/mol. The van der Waals surface area contributed by atoms with Crippen molar-refractivity contribution in [1.82, 2.24) is 19.7 Å². The Morgan fingerprint density at radius 3 is 2.58 bits per heavy atom. The summed E-state index contributed by atoms with van der Waals surface area (Å²) in [5.74, 6) is -1.84. The molecule has 0 aliphatic rings. The number of nitrogens with zero attached hydrogens (tertiary/aromatic N) is 4. The summed E-state index contributed by atoms with van der Waals surface area (Å²) in [6.07, 6.45) is 2.06. The molecular weight excluding hydrogens is 520 g/mol. The fourth-order valence-electron chi connectivity index (χ4n) is 4.74. The number of rotatable bonds is 8. The van der Waals surface area contributed by atoms with Gasteiger partial charge in [0.2, 0.25) is 0 Å². The van der Waals surface area contributed by atoms with Crippen molar-refractivity contribution < 1.29 is 17.9 Å². The number of hydrogen-bond acceptors (Lipinski definition) is 9.